The first-order chi connectivity index (χ1) is 13.2. The first kappa shape index (κ1) is 18.1. The van der Waals surface area contributed by atoms with E-state index in [4.69, 9.17) is 0 Å². The number of amides is 1. The fraction of sp³-hybridized carbons (Fsp3) is 0.435. The Bertz CT molecular complexity index is 773. The van der Waals surface area contributed by atoms with Crippen molar-refractivity contribution >= 4 is 11.6 Å². The summed E-state index contributed by atoms with van der Waals surface area (Å²) in [5, 5.41) is 10.7. The number of aliphatic hydroxyl groups is 1. The summed E-state index contributed by atoms with van der Waals surface area (Å²) in [6, 6.07) is 18.4. The van der Waals surface area contributed by atoms with Crippen molar-refractivity contribution in [1.82, 2.24) is 4.90 Å². The molecule has 142 valence electrons. The predicted molar refractivity (Wildman–Crippen MR) is 108 cm³/mol. The topological polar surface area (TPSA) is 43.8 Å². The van der Waals surface area contributed by atoms with E-state index >= 15 is 0 Å². The molecule has 4 nitrogen and oxygen atoms in total. The van der Waals surface area contributed by atoms with Gasteiger partial charge in [0, 0.05) is 44.7 Å². The minimum absolute atomic E-state index is 0.235. The number of rotatable bonds is 6. The zero-order valence-corrected chi connectivity index (χ0v) is 15.8. The summed E-state index contributed by atoms with van der Waals surface area (Å²) in [6.07, 6.45) is 3.19. The Morgan fingerprint density at radius 2 is 1.74 bits per heavy atom. The van der Waals surface area contributed by atoms with Gasteiger partial charge in [0.25, 0.3) is 0 Å². The Balaban J connectivity index is 1.49. The van der Waals surface area contributed by atoms with Crippen molar-refractivity contribution in [3.05, 3.63) is 65.7 Å². The summed E-state index contributed by atoms with van der Waals surface area (Å²) in [5.41, 5.74) is 3.47. The first-order valence-corrected chi connectivity index (χ1v) is 10.0. The number of hydrogen-bond acceptors (Lipinski definition) is 3. The average molecular weight is 364 g/mol. The molecule has 1 amide bonds. The van der Waals surface area contributed by atoms with Crippen LogP contribution in [0.4, 0.5) is 5.69 Å². The second-order valence-electron chi connectivity index (χ2n) is 7.89. The van der Waals surface area contributed by atoms with Gasteiger partial charge in [-0.25, -0.2) is 0 Å². The number of aliphatic hydroxyl groups excluding tert-OH is 1. The molecule has 2 aromatic carbocycles. The molecule has 4 heteroatoms. The summed E-state index contributed by atoms with van der Waals surface area (Å²) < 4.78 is 0. The van der Waals surface area contributed by atoms with Crippen molar-refractivity contribution < 1.29 is 9.90 Å². The van der Waals surface area contributed by atoms with Gasteiger partial charge in [-0.1, -0.05) is 48.5 Å². The largest absolute Gasteiger partial charge is 0.391 e. The van der Waals surface area contributed by atoms with Crippen molar-refractivity contribution in [1.29, 1.82) is 0 Å². The van der Waals surface area contributed by atoms with Crippen LogP contribution in [0, 0.1) is 5.92 Å². The van der Waals surface area contributed by atoms with Crippen LogP contribution in [0.25, 0.3) is 0 Å². The van der Waals surface area contributed by atoms with Gasteiger partial charge in [-0.05, 0) is 36.0 Å². The maximum Gasteiger partial charge on any atom is 0.224 e. The lowest BCUT2D eigenvalue weighted by molar-refractivity contribution is -0.132. The normalized spacial score (nSPS) is 18.6. The van der Waals surface area contributed by atoms with E-state index in [0.29, 0.717) is 38.4 Å². The molecule has 2 aliphatic rings. The third-order valence-electron chi connectivity index (χ3n) is 5.56. The Labute approximate surface area is 161 Å². The molecule has 4 rings (SSSR count). The maximum absolute atomic E-state index is 12.7. The SMILES string of the molecule is O=C1CCN(CC(O)Cc2ccccc2)c2ccccc2CN1CC1CC1. The average Bonchev–Trinajstić information content (AvgIpc) is 3.49. The van der Waals surface area contributed by atoms with Gasteiger partial charge < -0.3 is 14.9 Å². The van der Waals surface area contributed by atoms with Gasteiger partial charge >= 0.3 is 0 Å². The van der Waals surface area contributed by atoms with Gasteiger partial charge in [0.2, 0.25) is 5.91 Å². The number of hydrogen-bond donors (Lipinski definition) is 1. The molecule has 1 saturated carbocycles. The smallest absolute Gasteiger partial charge is 0.224 e. The van der Waals surface area contributed by atoms with Crippen LogP contribution in [0.3, 0.4) is 0 Å². The molecule has 0 radical (unpaired) electrons. The van der Waals surface area contributed by atoms with Crippen LogP contribution >= 0.6 is 0 Å². The lowest BCUT2D eigenvalue weighted by atomic mass is 10.0. The highest BCUT2D eigenvalue weighted by molar-refractivity contribution is 5.78. The molecule has 1 aliphatic carbocycles. The molecule has 1 aliphatic heterocycles. The van der Waals surface area contributed by atoms with Gasteiger partial charge in [0.15, 0.2) is 0 Å². The van der Waals surface area contributed by atoms with Crippen LogP contribution in [0.2, 0.25) is 0 Å². The van der Waals surface area contributed by atoms with Crippen molar-refractivity contribution in [2.24, 2.45) is 5.92 Å². The highest BCUT2D eigenvalue weighted by Gasteiger charge is 2.29. The van der Waals surface area contributed by atoms with Gasteiger partial charge in [0.05, 0.1) is 6.10 Å². The molecule has 1 fully saturated rings. The minimum Gasteiger partial charge on any atom is -0.391 e. The Kier molecular flexibility index (Phi) is 5.44. The predicted octanol–water partition coefficient (Wildman–Crippen LogP) is 3.24. The second-order valence-corrected chi connectivity index (χ2v) is 7.89. The van der Waals surface area contributed by atoms with E-state index in [0.717, 1.165) is 17.8 Å². The molecule has 0 saturated heterocycles. The number of fused-ring (bicyclic) bond motifs is 1. The molecule has 1 N–H and O–H groups in total. The summed E-state index contributed by atoms with van der Waals surface area (Å²) in [7, 11) is 0. The fourth-order valence-corrected chi connectivity index (χ4v) is 3.93. The fourth-order valence-electron chi connectivity index (χ4n) is 3.93. The molecular formula is C23H28N2O2. The quantitative estimate of drug-likeness (QED) is 0.856. The molecule has 0 spiro atoms. The summed E-state index contributed by atoms with van der Waals surface area (Å²) >= 11 is 0. The summed E-state index contributed by atoms with van der Waals surface area (Å²) in [6.45, 7) is 2.77. The van der Waals surface area contributed by atoms with Crippen molar-refractivity contribution in [2.75, 3.05) is 24.5 Å². The van der Waals surface area contributed by atoms with Gasteiger partial charge in [-0.2, -0.15) is 0 Å². The van der Waals surface area contributed by atoms with Crippen LogP contribution in [0.1, 0.15) is 30.4 Å². The van der Waals surface area contributed by atoms with Gasteiger partial charge in [0.1, 0.15) is 0 Å². The highest BCUT2D eigenvalue weighted by Crippen LogP contribution is 2.32. The molecule has 1 atom stereocenters. The molecule has 2 aromatic rings. The number of anilines is 1. The maximum atomic E-state index is 12.7. The van der Waals surface area contributed by atoms with E-state index in [1.54, 1.807) is 0 Å². The molecule has 1 heterocycles. The zero-order valence-electron chi connectivity index (χ0n) is 15.8. The van der Waals surface area contributed by atoms with E-state index in [9.17, 15) is 9.90 Å². The number of carbonyl (C=O) groups is 1. The Morgan fingerprint density at radius 1 is 1.00 bits per heavy atom. The number of para-hydroxylation sites is 1. The van der Waals surface area contributed by atoms with Crippen molar-refractivity contribution in [3.63, 3.8) is 0 Å². The standard InChI is InChI=1S/C23H28N2O2/c26-21(14-18-6-2-1-3-7-18)17-24-13-12-23(27)25(15-19-10-11-19)16-20-8-4-5-9-22(20)24/h1-9,19,21,26H,10-17H2. The zero-order chi connectivity index (χ0) is 18.6. The van der Waals surface area contributed by atoms with E-state index in [1.165, 1.54) is 18.4 Å². The Hall–Kier alpha value is -2.33. The van der Waals surface area contributed by atoms with E-state index in [-0.39, 0.29) is 5.91 Å². The van der Waals surface area contributed by atoms with Crippen LogP contribution in [-0.4, -0.2) is 41.7 Å². The highest BCUT2D eigenvalue weighted by atomic mass is 16.3. The van der Waals surface area contributed by atoms with Crippen LogP contribution in [0.5, 0.6) is 0 Å². The monoisotopic (exact) mass is 364 g/mol. The lowest BCUT2D eigenvalue weighted by Crippen LogP contribution is -2.41. The third-order valence-corrected chi connectivity index (χ3v) is 5.56. The van der Waals surface area contributed by atoms with Crippen molar-refractivity contribution in [2.45, 2.75) is 38.3 Å². The van der Waals surface area contributed by atoms with Crippen molar-refractivity contribution in [3.8, 4) is 0 Å². The lowest BCUT2D eigenvalue weighted by Gasteiger charge is -2.34. The second kappa shape index (κ2) is 8.13. The summed E-state index contributed by atoms with van der Waals surface area (Å²) in [5.74, 6) is 0.934. The molecule has 27 heavy (non-hydrogen) atoms. The van der Waals surface area contributed by atoms with Gasteiger partial charge in [-0.15, -0.1) is 0 Å². The molecule has 0 aromatic heterocycles. The van der Waals surface area contributed by atoms with Crippen LogP contribution < -0.4 is 4.90 Å². The molecule has 0 bridgehead atoms. The number of nitrogens with zero attached hydrogens (tertiary/aromatic N) is 2. The minimum atomic E-state index is -0.461. The summed E-state index contributed by atoms with van der Waals surface area (Å²) in [4.78, 5) is 16.9. The first-order valence-electron chi connectivity index (χ1n) is 10.0. The Morgan fingerprint density at radius 3 is 2.52 bits per heavy atom. The van der Waals surface area contributed by atoms with Crippen LogP contribution in [0.15, 0.2) is 54.6 Å². The van der Waals surface area contributed by atoms with E-state index < -0.39 is 6.10 Å². The molecule has 1 unspecified atom stereocenters. The third kappa shape index (κ3) is 4.69. The van der Waals surface area contributed by atoms with E-state index in [1.807, 2.05) is 47.4 Å². The van der Waals surface area contributed by atoms with Crippen LogP contribution in [-0.2, 0) is 17.8 Å². The number of carbonyl (C=O) groups excluding carboxylic acids is 1. The number of benzene rings is 2. The number of β-amino-alcohol motifs (C(OH)–C–C–N with tert-alkyl or cyclic N) is 1. The molecular weight excluding hydrogens is 336 g/mol. The van der Waals surface area contributed by atoms with Gasteiger partial charge in [-0.3, -0.25) is 4.79 Å². The van der Waals surface area contributed by atoms with E-state index in [2.05, 4.69) is 17.0 Å².